The standard InChI is InChI=1S/C15H25NO2/c17-14(12-4-2-1-3-5-12)16-13-6-7-15(13)8-10-18-11-9-15/h12-13H,1-11H2,(H,16,17). The second-order valence-corrected chi connectivity index (χ2v) is 6.41. The monoisotopic (exact) mass is 251 g/mol. The van der Waals surface area contributed by atoms with Crippen LogP contribution in [0.3, 0.4) is 0 Å². The van der Waals surface area contributed by atoms with Crippen molar-refractivity contribution in [1.29, 1.82) is 0 Å². The van der Waals surface area contributed by atoms with Gasteiger partial charge in [0.15, 0.2) is 0 Å². The third kappa shape index (κ3) is 2.29. The van der Waals surface area contributed by atoms with Crippen LogP contribution in [0.4, 0.5) is 0 Å². The zero-order valence-electron chi connectivity index (χ0n) is 11.2. The molecule has 1 atom stereocenters. The van der Waals surface area contributed by atoms with E-state index in [0.717, 1.165) is 38.9 Å². The summed E-state index contributed by atoms with van der Waals surface area (Å²) in [6.07, 6.45) is 10.7. The molecule has 102 valence electrons. The van der Waals surface area contributed by atoms with E-state index in [9.17, 15) is 4.79 Å². The summed E-state index contributed by atoms with van der Waals surface area (Å²) < 4.78 is 5.46. The summed E-state index contributed by atoms with van der Waals surface area (Å²) in [4.78, 5) is 12.3. The Kier molecular flexibility index (Phi) is 3.60. The lowest BCUT2D eigenvalue weighted by Crippen LogP contribution is -2.58. The Labute approximate surface area is 110 Å². The summed E-state index contributed by atoms with van der Waals surface area (Å²) in [6, 6.07) is 0.441. The van der Waals surface area contributed by atoms with Crippen molar-refractivity contribution in [3.8, 4) is 0 Å². The van der Waals surface area contributed by atoms with Crippen LogP contribution in [0.5, 0.6) is 0 Å². The quantitative estimate of drug-likeness (QED) is 0.819. The number of carbonyl (C=O) groups excluding carboxylic acids is 1. The number of carbonyl (C=O) groups is 1. The number of rotatable bonds is 2. The summed E-state index contributed by atoms with van der Waals surface area (Å²) in [5.74, 6) is 0.640. The molecule has 2 saturated carbocycles. The molecule has 0 aromatic heterocycles. The molecule has 18 heavy (non-hydrogen) atoms. The molecule has 1 N–H and O–H groups in total. The molecular weight excluding hydrogens is 226 g/mol. The minimum atomic E-state index is 0.302. The van der Waals surface area contributed by atoms with E-state index in [0.29, 0.717) is 23.3 Å². The average Bonchev–Trinajstić information content (AvgIpc) is 2.45. The normalized spacial score (nSPS) is 31.9. The summed E-state index contributed by atoms with van der Waals surface area (Å²) in [5, 5.41) is 3.35. The van der Waals surface area contributed by atoms with Crippen LogP contribution in [0.15, 0.2) is 0 Å². The van der Waals surface area contributed by atoms with Gasteiger partial charge in [-0.25, -0.2) is 0 Å². The zero-order valence-corrected chi connectivity index (χ0v) is 11.2. The number of nitrogens with one attached hydrogen (secondary N) is 1. The van der Waals surface area contributed by atoms with Gasteiger partial charge in [0.2, 0.25) is 5.91 Å². The summed E-state index contributed by atoms with van der Waals surface area (Å²) >= 11 is 0. The lowest BCUT2D eigenvalue weighted by Gasteiger charge is -2.52. The number of hydrogen-bond acceptors (Lipinski definition) is 2. The first kappa shape index (κ1) is 12.5. The Balaban J connectivity index is 1.54. The highest BCUT2D eigenvalue weighted by Crippen LogP contribution is 2.48. The smallest absolute Gasteiger partial charge is 0.223 e. The van der Waals surface area contributed by atoms with Crippen LogP contribution >= 0.6 is 0 Å². The number of ether oxygens (including phenoxy) is 1. The highest BCUT2D eigenvalue weighted by Gasteiger charge is 2.48. The van der Waals surface area contributed by atoms with Crippen molar-refractivity contribution in [3.63, 3.8) is 0 Å². The topological polar surface area (TPSA) is 38.3 Å². The fraction of sp³-hybridized carbons (Fsp3) is 0.933. The van der Waals surface area contributed by atoms with Crippen molar-refractivity contribution in [2.24, 2.45) is 11.3 Å². The molecular formula is C15H25NO2. The van der Waals surface area contributed by atoms with Gasteiger partial charge in [-0.2, -0.15) is 0 Å². The van der Waals surface area contributed by atoms with Gasteiger partial charge >= 0.3 is 0 Å². The van der Waals surface area contributed by atoms with Gasteiger partial charge in [0.1, 0.15) is 0 Å². The largest absolute Gasteiger partial charge is 0.381 e. The van der Waals surface area contributed by atoms with Gasteiger partial charge in [-0.1, -0.05) is 19.3 Å². The molecule has 3 nitrogen and oxygen atoms in total. The van der Waals surface area contributed by atoms with E-state index in [4.69, 9.17) is 4.74 Å². The fourth-order valence-corrected chi connectivity index (χ4v) is 3.95. The van der Waals surface area contributed by atoms with Crippen LogP contribution in [0.2, 0.25) is 0 Å². The average molecular weight is 251 g/mol. The number of hydrogen-bond donors (Lipinski definition) is 1. The maximum atomic E-state index is 12.3. The second kappa shape index (κ2) is 5.20. The Morgan fingerprint density at radius 2 is 1.72 bits per heavy atom. The predicted molar refractivity (Wildman–Crippen MR) is 70.2 cm³/mol. The molecule has 0 aromatic carbocycles. The van der Waals surface area contributed by atoms with Crippen LogP contribution in [0.1, 0.15) is 57.8 Å². The highest BCUT2D eigenvalue weighted by molar-refractivity contribution is 5.79. The van der Waals surface area contributed by atoms with E-state index in [1.54, 1.807) is 0 Å². The lowest BCUT2D eigenvalue weighted by molar-refractivity contribution is -0.131. The van der Waals surface area contributed by atoms with Crippen LogP contribution in [0, 0.1) is 11.3 Å². The van der Waals surface area contributed by atoms with Gasteiger partial charge < -0.3 is 10.1 Å². The number of amides is 1. The molecule has 1 amide bonds. The third-order valence-corrected chi connectivity index (χ3v) is 5.45. The van der Waals surface area contributed by atoms with Crippen LogP contribution in [0.25, 0.3) is 0 Å². The lowest BCUT2D eigenvalue weighted by atomic mass is 9.60. The second-order valence-electron chi connectivity index (χ2n) is 6.41. The van der Waals surface area contributed by atoms with Crippen LogP contribution in [-0.4, -0.2) is 25.2 Å². The molecule has 1 saturated heterocycles. The van der Waals surface area contributed by atoms with Gasteiger partial charge in [-0.15, -0.1) is 0 Å². The molecule has 3 heteroatoms. The van der Waals surface area contributed by atoms with Gasteiger partial charge in [0.25, 0.3) is 0 Å². The van der Waals surface area contributed by atoms with Gasteiger partial charge in [-0.05, 0) is 43.9 Å². The Bertz CT molecular complexity index is 304. The molecule has 1 heterocycles. The van der Waals surface area contributed by atoms with E-state index < -0.39 is 0 Å². The minimum Gasteiger partial charge on any atom is -0.381 e. The van der Waals surface area contributed by atoms with Crippen molar-refractivity contribution in [2.75, 3.05) is 13.2 Å². The first-order chi connectivity index (χ1) is 8.80. The predicted octanol–water partition coefficient (Wildman–Crippen LogP) is 2.64. The van der Waals surface area contributed by atoms with Crippen LogP contribution in [-0.2, 0) is 9.53 Å². The molecule has 0 aromatic rings. The molecule has 2 aliphatic carbocycles. The minimum absolute atomic E-state index is 0.302. The Morgan fingerprint density at radius 1 is 1.00 bits per heavy atom. The SMILES string of the molecule is O=C(NC1CCC12CCOCC2)C1CCCCC1. The molecule has 3 aliphatic rings. The van der Waals surface area contributed by atoms with E-state index in [2.05, 4.69) is 5.32 Å². The molecule has 1 aliphatic heterocycles. The summed E-state index contributed by atoms with van der Waals surface area (Å²) in [6.45, 7) is 1.77. The Morgan fingerprint density at radius 3 is 2.33 bits per heavy atom. The van der Waals surface area contributed by atoms with Crippen molar-refractivity contribution in [2.45, 2.75) is 63.8 Å². The fourth-order valence-electron chi connectivity index (χ4n) is 3.95. The Hall–Kier alpha value is -0.570. The highest BCUT2D eigenvalue weighted by atomic mass is 16.5. The van der Waals surface area contributed by atoms with E-state index in [1.807, 2.05) is 0 Å². The van der Waals surface area contributed by atoms with E-state index in [-0.39, 0.29) is 0 Å². The first-order valence-corrected chi connectivity index (χ1v) is 7.68. The maximum Gasteiger partial charge on any atom is 0.223 e. The van der Waals surface area contributed by atoms with Gasteiger partial charge in [-0.3, -0.25) is 4.79 Å². The van der Waals surface area contributed by atoms with Gasteiger partial charge in [0.05, 0.1) is 0 Å². The van der Waals surface area contributed by atoms with E-state index in [1.165, 1.54) is 32.1 Å². The zero-order chi connectivity index (χ0) is 12.4. The van der Waals surface area contributed by atoms with Gasteiger partial charge in [0, 0.05) is 25.2 Å². The maximum absolute atomic E-state index is 12.3. The van der Waals surface area contributed by atoms with Crippen molar-refractivity contribution >= 4 is 5.91 Å². The molecule has 0 bridgehead atoms. The molecule has 0 radical (unpaired) electrons. The van der Waals surface area contributed by atoms with E-state index >= 15 is 0 Å². The summed E-state index contributed by atoms with van der Waals surface area (Å²) in [5.41, 5.74) is 0.391. The van der Waals surface area contributed by atoms with Crippen molar-refractivity contribution in [3.05, 3.63) is 0 Å². The molecule has 1 unspecified atom stereocenters. The van der Waals surface area contributed by atoms with Crippen molar-refractivity contribution < 1.29 is 9.53 Å². The molecule has 1 spiro atoms. The van der Waals surface area contributed by atoms with Crippen LogP contribution < -0.4 is 5.32 Å². The molecule has 3 rings (SSSR count). The summed E-state index contributed by atoms with van der Waals surface area (Å²) in [7, 11) is 0. The van der Waals surface area contributed by atoms with Crippen molar-refractivity contribution in [1.82, 2.24) is 5.32 Å². The third-order valence-electron chi connectivity index (χ3n) is 5.45. The molecule has 3 fully saturated rings. The first-order valence-electron chi connectivity index (χ1n) is 7.68.